The lowest BCUT2D eigenvalue weighted by Crippen LogP contribution is -2.35. The van der Waals surface area contributed by atoms with E-state index in [-0.39, 0.29) is 12.4 Å². The molecular weight excluding hydrogens is 243 g/mol. The topological polar surface area (TPSA) is 47.3 Å². The van der Waals surface area contributed by atoms with E-state index in [4.69, 9.17) is 10.4 Å². The molecule has 1 aromatic rings. The van der Waals surface area contributed by atoms with Gasteiger partial charge in [0.25, 0.3) is 0 Å². The van der Waals surface area contributed by atoms with Gasteiger partial charge in [-0.05, 0) is 36.6 Å². The molecule has 0 saturated heterocycles. The molecular formula is C15H19FN2O. The number of benzene rings is 1. The normalized spacial score (nSPS) is 15.9. The van der Waals surface area contributed by atoms with Crippen LogP contribution in [0.4, 0.5) is 4.39 Å². The second-order valence-corrected chi connectivity index (χ2v) is 5.09. The lowest BCUT2D eigenvalue weighted by atomic mass is 10.1. The summed E-state index contributed by atoms with van der Waals surface area (Å²) in [4.78, 5) is 2.20. The monoisotopic (exact) mass is 262 g/mol. The van der Waals surface area contributed by atoms with Gasteiger partial charge in [-0.2, -0.15) is 5.26 Å². The summed E-state index contributed by atoms with van der Waals surface area (Å²) in [6.45, 7) is 1.30. The minimum atomic E-state index is -0.371. The molecule has 1 aliphatic carbocycles. The van der Waals surface area contributed by atoms with Crippen LogP contribution in [-0.2, 0) is 6.54 Å². The van der Waals surface area contributed by atoms with Crippen LogP contribution in [-0.4, -0.2) is 29.2 Å². The molecule has 0 radical (unpaired) electrons. The van der Waals surface area contributed by atoms with Crippen LogP contribution in [0.15, 0.2) is 18.2 Å². The first kappa shape index (κ1) is 14.0. The smallest absolute Gasteiger partial charge is 0.124 e. The lowest BCUT2D eigenvalue weighted by Gasteiger charge is -2.28. The fourth-order valence-corrected chi connectivity index (χ4v) is 2.83. The van der Waals surface area contributed by atoms with Crippen LogP contribution in [0.3, 0.4) is 0 Å². The molecule has 1 aliphatic rings. The summed E-state index contributed by atoms with van der Waals surface area (Å²) in [5.41, 5.74) is 1.15. The molecule has 0 aromatic heterocycles. The van der Waals surface area contributed by atoms with Crippen molar-refractivity contribution in [3.63, 3.8) is 0 Å². The third kappa shape index (κ3) is 3.76. The summed E-state index contributed by atoms with van der Waals surface area (Å²) in [6.07, 6.45) is 4.72. The minimum Gasteiger partial charge on any atom is -0.395 e. The van der Waals surface area contributed by atoms with Gasteiger partial charge in [0.1, 0.15) is 5.82 Å². The van der Waals surface area contributed by atoms with Gasteiger partial charge >= 0.3 is 0 Å². The van der Waals surface area contributed by atoms with E-state index in [0.29, 0.717) is 24.7 Å². The van der Waals surface area contributed by atoms with Gasteiger partial charge in [0, 0.05) is 19.1 Å². The van der Waals surface area contributed by atoms with E-state index in [1.165, 1.54) is 25.0 Å². The van der Waals surface area contributed by atoms with Gasteiger partial charge in [0.05, 0.1) is 18.2 Å². The Morgan fingerprint density at radius 2 is 2.05 bits per heavy atom. The summed E-state index contributed by atoms with van der Waals surface area (Å²) in [7, 11) is 0. The third-order valence-corrected chi connectivity index (χ3v) is 3.70. The van der Waals surface area contributed by atoms with E-state index in [9.17, 15) is 4.39 Å². The molecule has 2 rings (SSSR count). The Morgan fingerprint density at radius 1 is 1.32 bits per heavy atom. The van der Waals surface area contributed by atoms with Crippen molar-refractivity contribution >= 4 is 0 Å². The molecule has 0 aliphatic heterocycles. The quantitative estimate of drug-likeness (QED) is 0.886. The van der Waals surface area contributed by atoms with Gasteiger partial charge < -0.3 is 5.11 Å². The van der Waals surface area contributed by atoms with Crippen molar-refractivity contribution < 1.29 is 9.50 Å². The Labute approximate surface area is 113 Å². The summed E-state index contributed by atoms with van der Waals surface area (Å²) in [5, 5.41) is 18.0. The van der Waals surface area contributed by atoms with Crippen LogP contribution >= 0.6 is 0 Å². The van der Waals surface area contributed by atoms with E-state index >= 15 is 0 Å². The van der Waals surface area contributed by atoms with E-state index in [0.717, 1.165) is 18.4 Å². The van der Waals surface area contributed by atoms with Crippen LogP contribution in [0.5, 0.6) is 0 Å². The first-order chi connectivity index (χ1) is 9.22. The number of hydrogen-bond acceptors (Lipinski definition) is 3. The van der Waals surface area contributed by atoms with Crippen LogP contribution in [0.2, 0.25) is 0 Å². The van der Waals surface area contributed by atoms with Crippen LogP contribution in [0.25, 0.3) is 0 Å². The second kappa shape index (κ2) is 6.65. The number of aliphatic hydroxyl groups is 1. The molecule has 4 heteroatoms. The van der Waals surface area contributed by atoms with Crippen LogP contribution in [0.1, 0.15) is 36.8 Å². The Balaban J connectivity index is 2.12. The number of rotatable bonds is 5. The van der Waals surface area contributed by atoms with Crippen molar-refractivity contribution in [3.05, 3.63) is 35.1 Å². The van der Waals surface area contributed by atoms with Gasteiger partial charge in [-0.3, -0.25) is 4.90 Å². The first-order valence-corrected chi connectivity index (χ1v) is 6.77. The summed E-state index contributed by atoms with van der Waals surface area (Å²) in [6, 6.07) is 6.89. The van der Waals surface area contributed by atoms with Crippen molar-refractivity contribution in [3.8, 4) is 6.07 Å². The van der Waals surface area contributed by atoms with Gasteiger partial charge in [-0.15, -0.1) is 0 Å². The summed E-state index contributed by atoms with van der Waals surface area (Å²) < 4.78 is 13.4. The highest BCUT2D eigenvalue weighted by molar-refractivity contribution is 5.33. The fraction of sp³-hybridized carbons (Fsp3) is 0.533. The molecule has 0 amide bonds. The number of aliphatic hydroxyl groups excluding tert-OH is 1. The predicted octanol–water partition coefficient (Wildman–Crippen LogP) is 2.43. The molecule has 1 fully saturated rings. The fourth-order valence-electron chi connectivity index (χ4n) is 2.83. The maximum atomic E-state index is 13.4. The molecule has 0 spiro atoms. The summed E-state index contributed by atoms with van der Waals surface area (Å²) in [5.74, 6) is -0.371. The highest BCUT2D eigenvalue weighted by Crippen LogP contribution is 2.25. The van der Waals surface area contributed by atoms with E-state index < -0.39 is 0 Å². The molecule has 0 unspecified atom stereocenters. The maximum Gasteiger partial charge on any atom is 0.124 e. The van der Waals surface area contributed by atoms with Crippen molar-refractivity contribution in [2.75, 3.05) is 13.2 Å². The molecule has 1 aromatic carbocycles. The van der Waals surface area contributed by atoms with Gasteiger partial charge in [0.2, 0.25) is 0 Å². The average Bonchev–Trinajstić information content (AvgIpc) is 2.91. The molecule has 1 saturated carbocycles. The van der Waals surface area contributed by atoms with Crippen molar-refractivity contribution in [2.24, 2.45) is 0 Å². The van der Waals surface area contributed by atoms with E-state index in [2.05, 4.69) is 4.90 Å². The molecule has 1 N–H and O–H groups in total. The van der Waals surface area contributed by atoms with E-state index in [1.54, 1.807) is 6.07 Å². The highest BCUT2D eigenvalue weighted by atomic mass is 19.1. The molecule has 102 valence electrons. The lowest BCUT2D eigenvalue weighted by molar-refractivity contribution is 0.144. The molecule has 3 nitrogen and oxygen atoms in total. The average molecular weight is 262 g/mol. The number of nitriles is 1. The zero-order chi connectivity index (χ0) is 13.7. The zero-order valence-electron chi connectivity index (χ0n) is 11.0. The number of hydrogen-bond donors (Lipinski definition) is 1. The number of nitrogens with zero attached hydrogens (tertiary/aromatic N) is 2. The van der Waals surface area contributed by atoms with Crippen molar-refractivity contribution in [1.29, 1.82) is 5.26 Å². The first-order valence-electron chi connectivity index (χ1n) is 6.77. The van der Waals surface area contributed by atoms with Crippen molar-refractivity contribution in [1.82, 2.24) is 4.90 Å². The molecule has 0 heterocycles. The minimum absolute atomic E-state index is 0.108. The Hall–Kier alpha value is -1.44. The van der Waals surface area contributed by atoms with Crippen LogP contribution < -0.4 is 0 Å². The Morgan fingerprint density at radius 3 is 2.68 bits per heavy atom. The molecule has 0 atom stereocenters. The maximum absolute atomic E-state index is 13.4. The standard InChI is InChI=1S/C15H19FN2O/c16-14-8-12(10-17)7-13(9-14)11-18(5-6-19)15-3-1-2-4-15/h7-9,15,19H,1-6,11H2. The second-order valence-electron chi connectivity index (χ2n) is 5.09. The Kier molecular flexibility index (Phi) is 4.89. The largest absolute Gasteiger partial charge is 0.395 e. The summed E-state index contributed by atoms with van der Waals surface area (Å²) >= 11 is 0. The van der Waals surface area contributed by atoms with Crippen LogP contribution in [0, 0.1) is 17.1 Å². The third-order valence-electron chi connectivity index (χ3n) is 3.70. The van der Waals surface area contributed by atoms with Gasteiger partial charge in [-0.25, -0.2) is 4.39 Å². The van der Waals surface area contributed by atoms with Gasteiger partial charge in [-0.1, -0.05) is 12.8 Å². The zero-order valence-corrected chi connectivity index (χ0v) is 11.0. The SMILES string of the molecule is N#Cc1cc(F)cc(CN(CCO)C2CCCC2)c1. The predicted molar refractivity (Wildman–Crippen MR) is 70.9 cm³/mol. The number of halogens is 1. The van der Waals surface area contributed by atoms with Crippen molar-refractivity contribution in [2.45, 2.75) is 38.3 Å². The Bertz CT molecular complexity index is 464. The highest BCUT2D eigenvalue weighted by Gasteiger charge is 2.22. The van der Waals surface area contributed by atoms with Gasteiger partial charge in [0.15, 0.2) is 0 Å². The molecule has 19 heavy (non-hydrogen) atoms. The molecule has 0 bridgehead atoms. The van der Waals surface area contributed by atoms with E-state index in [1.807, 2.05) is 6.07 Å².